The lowest BCUT2D eigenvalue weighted by Gasteiger charge is -1.99. The lowest BCUT2D eigenvalue weighted by molar-refractivity contribution is 1.45. The molecule has 2 aromatic rings. The predicted octanol–water partition coefficient (Wildman–Crippen LogP) is 3.89. The van der Waals surface area contributed by atoms with E-state index in [1.54, 1.807) is 23.1 Å². The molecule has 0 radical (unpaired) electrons. The van der Waals surface area contributed by atoms with Crippen LogP contribution in [-0.4, -0.2) is 11.6 Å². The minimum atomic E-state index is 0. The first-order valence-corrected chi connectivity index (χ1v) is 6.63. The van der Waals surface area contributed by atoms with Gasteiger partial charge in [-0.3, -0.25) is 5.41 Å². The average Bonchev–Trinajstić information content (AvgIpc) is 2.70. The molecule has 0 fully saturated rings. The van der Waals surface area contributed by atoms with Crippen LogP contribution in [0.4, 0.5) is 0 Å². The SMILES string of the molecule is C=CCSc1cccc2sc(C(=N)N)cc12.Cl. The lowest BCUT2D eigenvalue weighted by atomic mass is 10.2. The summed E-state index contributed by atoms with van der Waals surface area (Å²) >= 11 is 3.32. The van der Waals surface area contributed by atoms with Crippen LogP contribution in [-0.2, 0) is 0 Å². The van der Waals surface area contributed by atoms with E-state index in [0.717, 1.165) is 10.6 Å². The summed E-state index contributed by atoms with van der Waals surface area (Å²) in [5.41, 5.74) is 5.50. The summed E-state index contributed by atoms with van der Waals surface area (Å²) in [6.07, 6.45) is 1.89. The first-order chi connectivity index (χ1) is 7.72. The van der Waals surface area contributed by atoms with Gasteiger partial charge in [0.25, 0.3) is 0 Å². The zero-order valence-corrected chi connectivity index (χ0v) is 11.6. The van der Waals surface area contributed by atoms with Gasteiger partial charge in [-0.25, -0.2) is 0 Å². The van der Waals surface area contributed by atoms with E-state index in [0.29, 0.717) is 0 Å². The van der Waals surface area contributed by atoms with Crippen LogP contribution >= 0.6 is 35.5 Å². The van der Waals surface area contributed by atoms with E-state index in [9.17, 15) is 0 Å². The van der Waals surface area contributed by atoms with Gasteiger partial charge in [0.05, 0.1) is 4.88 Å². The van der Waals surface area contributed by atoms with Gasteiger partial charge < -0.3 is 5.73 Å². The van der Waals surface area contributed by atoms with Crippen molar-refractivity contribution in [1.82, 2.24) is 0 Å². The van der Waals surface area contributed by atoms with Crippen molar-refractivity contribution in [3.8, 4) is 0 Å². The van der Waals surface area contributed by atoms with Crippen molar-refractivity contribution in [3.05, 3.63) is 41.8 Å². The molecule has 1 heterocycles. The molecule has 1 aromatic carbocycles. The van der Waals surface area contributed by atoms with Crippen LogP contribution in [0.2, 0.25) is 0 Å². The van der Waals surface area contributed by atoms with Gasteiger partial charge in [-0.1, -0.05) is 12.1 Å². The summed E-state index contributed by atoms with van der Waals surface area (Å²) in [4.78, 5) is 2.06. The quantitative estimate of drug-likeness (QED) is 0.387. The van der Waals surface area contributed by atoms with Crippen molar-refractivity contribution in [2.24, 2.45) is 5.73 Å². The van der Waals surface area contributed by atoms with Gasteiger partial charge in [0.1, 0.15) is 5.84 Å². The van der Waals surface area contributed by atoms with Gasteiger partial charge in [-0.15, -0.1) is 42.1 Å². The molecule has 0 aliphatic carbocycles. The molecule has 3 N–H and O–H groups in total. The maximum atomic E-state index is 7.44. The number of halogens is 1. The molecule has 0 saturated carbocycles. The number of nitrogen functional groups attached to an aromatic ring is 1. The zero-order valence-electron chi connectivity index (χ0n) is 9.10. The molecule has 0 aliphatic rings. The first-order valence-electron chi connectivity index (χ1n) is 4.83. The van der Waals surface area contributed by atoms with Crippen LogP contribution in [0.5, 0.6) is 0 Å². The summed E-state index contributed by atoms with van der Waals surface area (Å²) in [6, 6.07) is 8.18. The second kappa shape index (κ2) is 6.10. The van der Waals surface area contributed by atoms with Gasteiger partial charge in [0, 0.05) is 20.7 Å². The second-order valence-corrected chi connectivity index (χ2v) is 5.44. The minimum absolute atomic E-state index is 0. The Kier molecular flexibility index (Phi) is 5.05. The number of nitrogens with two attached hydrogens (primary N) is 1. The molecule has 0 aliphatic heterocycles. The number of fused-ring (bicyclic) bond motifs is 1. The number of thiophene rings is 1. The number of hydrogen-bond donors (Lipinski definition) is 2. The maximum absolute atomic E-state index is 7.44. The second-order valence-electron chi connectivity index (χ2n) is 3.29. The Morgan fingerprint density at radius 1 is 1.53 bits per heavy atom. The molecule has 0 atom stereocenters. The number of hydrogen-bond acceptors (Lipinski definition) is 3. The average molecular weight is 285 g/mol. The van der Waals surface area contributed by atoms with E-state index in [1.807, 2.05) is 18.2 Å². The molecule has 0 unspecified atom stereocenters. The molecule has 90 valence electrons. The Morgan fingerprint density at radius 3 is 2.94 bits per heavy atom. The Balaban J connectivity index is 0.00000144. The van der Waals surface area contributed by atoms with Gasteiger partial charge in [-0.05, 0) is 18.2 Å². The lowest BCUT2D eigenvalue weighted by Crippen LogP contribution is -2.08. The highest BCUT2D eigenvalue weighted by atomic mass is 35.5. The molecule has 2 rings (SSSR count). The molecule has 5 heteroatoms. The topological polar surface area (TPSA) is 49.9 Å². The number of amidine groups is 1. The van der Waals surface area contributed by atoms with Crippen LogP contribution in [0.1, 0.15) is 4.88 Å². The molecule has 2 nitrogen and oxygen atoms in total. The summed E-state index contributed by atoms with van der Waals surface area (Å²) in [7, 11) is 0. The van der Waals surface area contributed by atoms with Crippen molar-refractivity contribution in [2.45, 2.75) is 4.90 Å². The summed E-state index contributed by atoms with van der Waals surface area (Å²) in [5, 5.41) is 8.63. The number of thioether (sulfide) groups is 1. The van der Waals surface area contributed by atoms with Gasteiger partial charge in [0.15, 0.2) is 0 Å². The molecular formula is C12H13ClN2S2. The normalized spacial score (nSPS) is 9.88. The first kappa shape index (κ1) is 14.1. The Labute approximate surface area is 115 Å². The number of benzene rings is 1. The van der Waals surface area contributed by atoms with Crippen molar-refractivity contribution in [1.29, 1.82) is 5.41 Å². The fourth-order valence-corrected chi connectivity index (χ4v) is 3.25. The van der Waals surface area contributed by atoms with Crippen LogP contribution < -0.4 is 5.73 Å². The Hall–Kier alpha value is -0.970. The molecular weight excluding hydrogens is 272 g/mol. The standard InChI is InChI=1S/C12H12N2S2.ClH/c1-2-6-15-9-4-3-5-10-8(9)7-11(16-10)12(13)14;/h2-5,7H,1,6H2,(H3,13,14);1H. The fourth-order valence-electron chi connectivity index (χ4n) is 1.44. The van der Waals surface area contributed by atoms with Gasteiger partial charge >= 0.3 is 0 Å². The third kappa shape index (κ3) is 3.03. The van der Waals surface area contributed by atoms with Crippen molar-refractivity contribution >= 4 is 51.4 Å². The minimum Gasteiger partial charge on any atom is -0.383 e. The number of rotatable bonds is 4. The molecule has 0 saturated heterocycles. The predicted molar refractivity (Wildman–Crippen MR) is 81.0 cm³/mol. The van der Waals surface area contributed by atoms with E-state index >= 15 is 0 Å². The highest BCUT2D eigenvalue weighted by Gasteiger charge is 2.07. The van der Waals surface area contributed by atoms with Gasteiger partial charge in [-0.2, -0.15) is 0 Å². The van der Waals surface area contributed by atoms with Crippen molar-refractivity contribution in [3.63, 3.8) is 0 Å². The summed E-state index contributed by atoms with van der Waals surface area (Å²) in [5.74, 6) is 1.03. The Bertz CT molecular complexity index is 548. The monoisotopic (exact) mass is 284 g/mol. The highest BCUT2D eigenvalue weighted by Crippen LogP contribution is 2.33. The van der Waals surface area contributed by atoms with E-state index in [2.05, 4.69) is 18.7 Å². The van der Waals surface area contributed by atoms with Crippen LogP contribution in [0.25, 0.3) is 10.1 Å². The van der Waals surface area contributed by atoms with Gasteiger partial charge in [0.2, 0.25) is 0 Å². The molecule has 1 aromatic heterocycles. The van der Waals surface area contributed by atoms with E-state index in [-0.39, 0.29) is 18.2 Å². The largest absolute Gasteiger partial charge is 0.383 e. The summed E-state index contributed by atoms with van der Waals surface area (Å²) in [6.45, 7) is 3.72. The zero-order chi connectivity index (χ0) is 11.5. The van der Waals surface area contributed by atoms with Crippen molar-refractivity contribution < 1.29 is 0 Å². The third-order valence-corrected chi connectivity index (χ3v) is 4.35. The molecule has 17 heavy (non-hydrogen) atoms. The van der Waals surface area contributed by atoms with E-state index in [4.69, 9.17) is 11.1 Å². The van der Waals surface area contributed by atoms with E-state index < -0.39 is 0 Å². The van der Waals surface area contributed by atoms with Crippen molar-refractivity contribution in [2.75, 3.05) is 5.75 Å². The molecule has 0 bridgehead atoms. The molecule has 0 spiro atoms. The molecule has 0 amide bonds. The van der Waals surface area contributed by atoms with Crippen LogP contribution in [0.15, 0.2) is 41.8 Å². The Morgan fingerprint density at radius 2 is 2.29 bits per heavy atom. The van der Waals surface area contributed by atoms with E-state index in [1.165, 1.54) is 15.0 Å². The summed E-state index contributed by atoms with van der Waals surface area (Å²) < 4.78 is 1.18. The third-order valence-electron chi connectivity index (χ3n) is 2.14. The highest BCUT2D eigenvalue weighted by molar-refractivity contribution is 7.99. The number of nitrogens with one attached hydrogen (secondary N) is 1. The fraction of sp³-hybridized carbons (Fsp3) is 0.0833. The van der Waals surface area contributed by atoms with Crippen LogP contribution in [0, 0.1) is 5.41 Å². The smallest absolute Gasteiger partial charge is 0.133 e. The maximum Gasteiger partial charge on any atom is 0.133 e. The van der Waals surface area contributed by atoms with Crippen LogP contribution in [0.3, 0.4) is 0 Å².